The summed E-state index contributed by atoms with van der Waals surface area (Å²) in [7, 11) is 0. The van der Waals surface area contributed by atoms with Gasteiger partial charge in [0.1, 0.15) is 0 Å². The van der Waals surface area contributed by atoms with Crippen molar-refractivity contribution in [2.45, 2.75) is 44.8 Å². The first-order valence-electron chi connectivity index (χ1n) is 7.76. The van der Waals surface area contributed by atoms with E-state index in [9.17, 15) is 0 Å². The molecule has 1 aromatic rings. The van der Waals surface area contributed by atoms with Gasteiger partial charge >= 0.3 is 0 Å². The molecule has 0 spiro atoms. The topological polar surface area (TPSA) is 24.5 Å². The lowest BCUT2D eigenvalue weighted by molar-refractivity contribution is -0.129. The number of morpholine rings is 1. The van der Waals surface area contributed by atoms with Crippen LogP contribution < -0.4 is 5.32 Å². The molecule has 110 valence electrons. The average molecular weight is 274 g/mol. The predicted octanol–water partition coefficient (Wildman–Crippen LogP) is 3.09. The van der Waals surface area contributed by atoms with E-state index >= 15 is 0 Å². The normalized spacial score (nSPS) is 29.6. The Bertz CT molecular complexity index is 472. The summed E-state index contributed by atoms with van der Waals surface area (Å²) < 4.78 is 6.01. The van der Waals surface area contributed by atoms with Crippen LogP contribution in [0.3, 0.4) is 0 Å². The summed E-state index contributed by atoms with van der Waals surface area (Å²) in [5.41, 5.74) is 2.78. The Labute approximate surface area is 122 Å². The van der Waals surface area contributed by atoms with Gasteiger partial charge in [0.25, 0.3) is 0 Å². The number of fused-ring (bicyclic) bond motifs is 1. The highest BCUT2D eigenvalue weighted by molar-refractivity contribution is 5.54. The third kappa shape index (κ3) is 2.99. The van der Waals surface area contributed by atoms with E-state index in [1.165, 1.54) is 17.7 Å². The minimum atomic E-state index is -0.0237. The number of hydrogen-bond acceptors (Lipinski definition) is 3. The lowest BCUT2D eigenvalue weighted by Crippen LogP contribution is -2.52. The number of ether oxygens (including phenoxy) is 1. The van der Waals surface area contributed by atoms with E-state index in [4.69, 9.17) is 4.74 Å². The van der Waals surface area contributed by atoms with Gasteiger partial charge in [-0.25, -0.2) is 0 Å². The van der Waals surface area contributed by atoms with Crippen molar-refractivity contribution in [2.75, 3.05) is 31.5 Å². The van der Waals surface area contributed by atoms with Crippen LogP contribution in [0.25, 0.3) is 0 Å². The van der Waals surface area contributed by atoms with Gasteiger partial charge in [-0.3, -0.25) is 4.90 Å². The van der Waals surface area contributed by atoms with Gasteiger partial charge in [-0.2, -0.15) is 0 Å². The third-order valence-electron chi connectivity index (χ3n) is 4.33. The molecule has 3 heteroatoms. The van der Waals surface area contributed by atoms with Crippen molar-refractivity contribution in [3.8, 4) is 0 Å². The maximum atomic E-state index is 6.01. The molecule has 1 saturated heterocycles. The Balaban J connectivity index is 1.72. The maximum Gasteiger partial charge on any atom is 0.0757 e. The number of benzene rings is 1. The summed E-state index contributed by atoms with van der Waals surface area (Å²) in [6.45, 7) is 10.9. The Kier molecular flexibility index (Phi) is 3.74. The first-order valence-corrected chi connectivity index (χ1v) is 7.76. The van der Waals surface area contributed by atoms with E-state index in [2.05, 4.69) is 55.3 Å². The zero-order valence-electron chi connectivity index (χ0n) is 12.9. The van der Waals surface area contributed by atoms with E-state index in [1.54, 1.807) is 0 Å². The van der Waals surface area contributed by atoms with Gasteiger partial charge in [-0.15, -0.1) is 0 Å². The standard InChI is InChI=1S/C17H26N2O/c1-13-10-19(12-17(2,3)20-13)11-14-8-9-18-16-7-5-4-6-15(14)16/h4-7,13-14,18H,8-12H2,1-3H3. The number of anilines is 1. The average Bonchev–Trinajstić information content (AvgIpc) is 2.37. The molecule has 0 amide bonds. The molecular formula is C17H26N2O. The number of rotatable bonds is 2. The van der Waals surface area contributed by atoms with Crippen LogP contribution in [0.4, 0.5) is 5.69 Å². The highest BCUT2D eigenvalue weighted by atomic mass is 16.5. The van der Waals surface area contributed by atoms with E-state index in [-0.39, 0.29) is 5.60 Å². The first-order chi connectivity index (χ1) is 9.53. The molecule has 3 rings (SSSR count). The molecule has 0 saturated carbocycles. The second-order valence-corrected chi connectivity index (χ2v) is 6.88. The summed E-state index contributed by atoms with van der Waals surface area (Å²) in [4.78, 5) is 2.58. The van der Waals surface area contributed by atoms with Crippen LogP contribution in [-0.2, 0) is 4.74 Å². The largest absolute Gasteiger partial charge is 0.385 e. The predicted molar refractivity (Wildman–Crippen MR) is 83.4 cm³/mol. The molecule has 2 atom stereocenters. The van der Waals surface area contributed by atoms with E-state index < -0.39 is 0 Å². The molecule has 1 aromatic carbocycles. The highest BCUT2D eigenvalue weighted by Gasteiger charge is 2.33. The van der Waals surface area contributed by atoms with Crippen LogP contribution in [-0.4, -0.2) is 42.8 Å². The second kappa shape index (κ2) is 5.38. The molecule has 2 aliphatic rings. The zero-order chi connectivity index (χ0) is 14.2. The summed E-state index contributed by atoms with van der Waals surface area (Å²) in [5, 5.41) is 3.51. The SMILES string of the molecule is CC1CN(CC2CCNc3ccccc32)CC(C)(C)O1. The van der Waals surface area contributed by atoms with Crippen molar-refractivity contribution in [1.29, 1.82) is 0 Å². The molecule has 3 nitrogen and oxygen atoms in total. The number of para-hydroxylation sites is 1. The molecule has 1 N–H and O–H groups in total. The van der Waals surface area contributed by atoms with Crippen LogP contribution >= 0.6 is 0 Å². The monoisotopic (exact) mass is 274 g/mol. The Morgan fingerprint density at radius 1 is 1.35 bits per heavy atom. The van der Waals surface area contributed by atoms with Gasteiger partial charge in [-0.05, 0) is 38.8 Å². The molecule has 0 bridgehead atoms. The first kappa shape index (κ1) is 13.9. The van der Waals surface area contributed by atoms with Crippen molar-refractivity contribution in [1.82, 2.24) is 4.90 Å². The van der Waals surface area contributed by atoms with Gasteiger partial charge in [0.15, 0.2) is 0 Å². The quantitative estimate of drug-likeness (QED) is 0.897. The van der Waals surface area contributed by atoms with Crippen molar-refractivity contribution in [3.63, 3.8) is 0 Å². The van der Waals surface area contributed by atoms with Crippen molar-refractivity contribution in [3.05, 3.63) is 29.8 Å². The Morgan fingerprint density at radius 3 is 2.95 bits per heavy atom. The molecule has 20 heavy (non-hydrogen) atoms. The number of nitrogens with zero attached hydrogens (tertiary/aromatic N) is 1. The summed E-state index contributed by atoms with van der Waals surface area (Å²) in [6.07, 6.45) is 1.55. The third-order valence-corrected chi connectivity index (χ3v) is 4.33. The zero-order valence-corrected chi connectivity index (χ0v) is 12.9. The lowest BCUT2D eigenvalue weighted by atomic mass is 9.90. The molecule has 2 aliphatic heterocycles. The van der Waals surface area contributed by atoms with Gasteiger partial charge < -0.3 is 10.1 Å². The van der Waals surface area contributed by atoms with E-state index in [1.807, 2.05) is 0 Å². The van der Waals surface area contributed by atoms with Crippen LogP contribution in [0.15, 0.2) is 24.3 Å². The van der Waals surface area contributed by atoms with Crippen LogP contribution in [0.5, 0.6) is 0 Å². The lowest BCUT2D eigenvalue weighted by Gasteiger charge is -2.43. The fourth-order valence-electron chi connectivity index (χ4n) is 3.78. The molecule has 0 radical (unpaired) electrons. The Morgan fingerprint density at radius 2 is 2.15 bits per heavy atom. The van der Waals surface area contributed by atoms with E-state index in [0.717, 1.165) is 26.2 Å². The van der Waals surface area contributed by atoms with Gasteiger partial charge in [0, 0.05) is 37.8 Å². The van der Waals surface area contributed by atoms with Crippen molar-refractivity contribution < 1.29 is 4.74 Å². The highest BCUT2D eigenvalue weighted by Crippen LogP contribution is 2.33. The smallest absolute Gasteiger partial charge is 0.0757 e. The minimum absolute atomic E-state index is 0.0237. The molecule has 2 unspecified atom stereocenters. The molecule has 0 aromatic heterocycles. The van der Waals surface area contributed by atoms with Crippen LogP contribution in [0.2, 0.25) is 0 Å². The van der Waals surface area contributed by atoms with Crippen molar-refractivity contribution in [2.24, 2.45) is 0 Å². The van der Waals surface area contributed by atoms with Crippen LogP contribution in [0.1, 0.15) is 38.7 Å². The number of hydrogen-bond donors (Lipinski definition) is 1. The molecule has 0 aliphatic carbocycles. The molecule has 2 heterocycles. The fraction of sp³-hybridized carbons (Fsp3) is 0.647. The van der Waals surface area contributed by atoms with Gasteiger partial charge in [-0.1, -0.05) is 18.2 Å². The molecule has 1 fully saturated rings. The summed E-state index contributed by atoms with van der Waals surface area (Å²) >= 11 is 0. The minimum Gasteiger partial charge on any atom is -0.385 e. The van der Waals surface area contributed by atoms with Gasteiger partial charge in [0.05, 0.1) is 11.7 Å². The summed E-state index contributed by atoms with van der Waals surface area (Å²) in [6, 6.07) is 8.76. The summed E-state index contributed by atoms with van der Waals surface area (Å²) in [5.74, 6) is 0.647. The second-order valence-electron chi connectivity index (χ2n) is 6.88. The van der Waals surface area contributed by atoms with E-state index in [0.29, 0.717) is 12.0 Å². The van der Waals surface area contributed by atoms with Gasteiger partial charge in [0.2, 0.25) is 0 Å². The maximum absolute atomic E-state index is 6.01. The fourth-order valence-corrected chi connectivity index (χ4v) is 3.78. The van der Waals surface area contributed by atoms with Crippen molar-refractivity contribution >= 4 is 5.69 Å². The Hall–Kier alpha value is -1.06. The van der Waals surface area contributed by atoms with Crippen LogP contribution in [0, 0.1) is 0 Å². The number of nitrogens with one attached hydrogen (secondary N) is 1. The molecular weight excluding hydrogens is 248 g/mol.